The third kappa shape index (κ3) is 8.92. The maximum atomic E-state index is 13.2. The number of pyridine rings is 2. The fourth-order valence-electron chi connectivity index (χ4n) is 9.89. The topological polar surface area (TPSA) is 193 Å². The molecule has 4 aromatic rings. The number of thiazole rings is 2. The summed E-state index contributed by atoms with van der Waals surface area (Å²) in [6, 6.07) is 6.64. The number of aromatic nitrogens is 4. The van der Waals surface area contributed by atoms with Crippen molar-refractivity contribution in [1.29, 1.82) is 0 Å². The Labute approximate surface area is 368 Å². The molecule has 4 bridgehead atoms. The maximum absolute atomic E-state index is 13.2. The first-order valence-electron chi connectivity index (χ1n) is 21.0. The average molecular weight is 889 g/mol. The van der Waals surface area contributed by atoms with Gasteiger partial charge in [0.1, 0.15) is 10.0 Å². The van der Waals surface area contributed by atoms with Crippen molar-refractivity contribution in [1.82, 2.24) is 39.5 Å². The summed E-state index contributed by atoms with van der Waals surface area (Å²) in [4.78, 5) is 66.0. The van der Waals surface area contributed by atoms with Crippen LogP contribution < -0.4 is 21.8 Å². The van der Waals surface area contributed by atoms with Gasteiger partial charge in [-0.15, -0.1) is 22.7 Å². The lowest BCUT2D eigenvalue weighted by atomic mass is 9.86. The lowest BCUT2D eigenvalue weighted by Crippen LogP contribution is -2.46. The van der Waals surface area contributed by atoms with Gasteiger partial charge in [0.05, 0.1) is 50.2 Å². The molecule has 2 amide bonds. The summed E-state index contributed by atoms with van der Waals surface area (Å²) in [5, 5.41) is 32.2. The zero-order valence-electron chi connectivity index (χ0n) is 35.5. The van der Waals surface area contributed by atoms with Crippen LogP contribution in [0.5, 0.6) is 0 Å². The first-order valence-corrected chi connectivity index (χ1v) is 22.7. The number of nitrogens with zero attached hydrogens (tertiary/aromatic N) is 6. The molecule has 8 atom stereocenters. The van der Waals surface area contributed by atoms with Crippen LogP contribution >= 0.6 is 22.7 Å². The fourth-order valence-corrected chi connectivity index (χ4v) is 11.1. The Morgan fingerprint density at radius 1 is 0.726 bits per heavy atom. The highest BCUT2D eigenvalue weighted by Gasteiger charge is 2.57. The van der Waals surface area contributed by atoms with Crippen molar-refractivity contribution in [3.8, 4) is 0 Å². The molecule has 332 valence electrons. The molecule has 0 aliphatic carbocycles. The molecule has 0 unspecified atom stereocenters. The van der Waals surface area contributed by atoms with E-state index in [0.717, 1.165) is 21.4 Å². The first-order chi connectivity index (χ1) is 30.2. The van der Waals surface area contributed by atoms with Gasteiger partial charge >= 0.3 is 0 Å². The molecule has 2 fully saturated rings. The van der Waals surface area contributed by atoms with Crippen molar-refractivity contribution in [3.63, 3.8) is 0 Å². The summed E-state index contributed by atoms with van der Waals surface area (Å²) < 4.78 is 13.7. The number of fused-ring (bicyclic) bond motifs is 8. The van der Waals surface area contributed by atoms with Crippen LogP contribution in [-0.2, 0) is 45.2 Å². The van der Waals surface area contributed by atoms with Gasteiger partial charge in [0.15, 0.2) is 0 Å². The minimum absolute atomic E-state index is 0.0587. The zero-order chi connectivity index (χ0) is 43.9. The molecule has 4 aromatic heterocycles. The number of aliphatic hydroxyl groups is 2. The number of allylic oxidation sites excluding steroid dienone is 2. The molecule has 4 N–H and O–H groups in total. The first kappa shape index (κ1) is 45.4. The third-order valence-electron chi connectivity index (χ3n) is 12.5. The molecule has 8 heterocycles. The molecule has 62 heavy (non-hydrogen) atoms. The predicted molar refractivity (Wildman–Crippen MR) is 237 cm³/mol. The number of carbonyl (C=O) groups excluding carboxylic acids is 2. The monoisotopic (exact) mass is 888 g/mol. The molecule has 0 spiro atoms. The summed E-state index contributed by atoms with van der Waals surface area (Å²) in [6.45, 7) is 7.20. The van der Waals surface area contributed by atoms with Gasteiger partial charge in [-0.2, -0.15) is 0 Å². The second-order valence-electron chi connectivity index (χ2n) is 15.8. The van der Waals surface area contributed by atoms with E-state index in [1.54, 1.807) is 70.6 Å². The number of carbonyl (C=O) groups is 2. The van der Waals surface area contributed by atoms with Crippen LogP contribution in [0.25, 0.3) is 12.2 Å². The summed E-state index contributed by atoms with van der Waals surface area (Å²) in [5.41, 5.74) is 2.76. The van der Waals surface area contributed by atoms with Crippen LogP contribution in [0, 0.1) is 23.7 Å². The number of rotatable bonds is 16. The van der Waals surface area contributed by atoms with Gasteiger partial charge in [-0.05, 0) is 38.1 Å². The quantitative estimate of drug-likeness (QED) is 0.121. The van der Waals surface area contributed by atoms with Gasteiger partial charge in [-0.25, -0.2) is 9.97 Å². The van der Waals surface area contributed by atoms with Gasteiger partial charge in [0.2, 0.25) is 11.8 Å². The average Bonchev–Trinajstić information content (AvgIpc) is 4.06. The van der Waals surface area contributed by atoms with E-state index in [2.05, 4.69) is 30.4 Å². The van der Waals surface area contributed by atoms with Crippen molar-refractivity contribution in [3.05, 3.63) is 113 Å². The Hall–Kier alpha value is -4.66. The number of methoxy groups -OCH3 is 2. The number of ether oxygens (including phenoxy) is 2. The summed E-state index contributed by atoms with van der Waals surface area (Å²) in [7, 11) is 3.18. The second-order valence-corrected chi connectivity index (χ2v) is 17.7. The largest absolute Gasteiger partial charge is 0.396 e. The number of hydrogen-bond donors (Lipinski definition) is 4. The highest BCUT2D eigenvalue weighted by atomic mass is 32.1. The lowest BCUT2D eigenvalue weighted by molar-refractivity contribution is -0.128. The third-order valence-corrected chi connectivity index (χ3v) is 14.0. The Kier molecular flexibility index (Phi) is 15.1. The predicted octanol–water partition coefficient (Wildman–Crippen LogP) is 2.53. The second kappa shape index (κ2) is 20.7. The summed E-state index contributed by atoms with van der Waals surface area (Å²) in [5.74, 6) is -1.73. The molecule has 4 aliphatic rings. The highest BCUT2D eigenvalue weighted by Crippen LogP contribution is 2.50. The van der Waals surface area contributed by atoms with Crippen LogP contribution in [0.2, 0.25) is 0 Å². The van der Waals surface area contributed by atoms with Crippen LogP contribution in [-0.4, -0.2) is 117 Å². The molecule has 0 radical (unpaired) electrons. The Morgan fingerprint density at radius 2 is 1.15 bits per heavy atom. The zero-order valence-corrected chi connectivity index (χ0v) is 37.1. The van der Waals surface area contributed by atoms with Gasteiger partial charge in [0, 0.05) is 123 Å². The molecule has 4 aliphatic heterocycles. The van der Waals surface area contributed by atoms with Crippen molar-refractivity contribution in [2.45, 2.75) is 64.2 Å². The van der Waals surface area contributed by atoms with E-state index in [0.29, 0.717) is 63.6 Å². The van der Waals surface area contributed by atoms with E-state index in [1.807, 2.05) is 61.0 Å². The van der Waals surface area contributed by atoms with Crippen molar-refractivity contribution in [2.75, 3.05) is 53.7 Å². The van der Waals surface area contributed by atoms with Gasteiger partial charge < -0.3 is 39.5 Å². The van der Waals surface area contributed by atoms with Crippen LogP contribution in [0.3, 0.4) is 0 Å². The standard InChI is InChI=1S/2C22H28N4O4S/c2*1-3-4-14-5-6-16-20-19(21(28)24-7-9-30-2)15(13-27)17(11-26(16)22(14)29)25(20)12-18-23-8-10-31-18/h2*3-6,8,10,15,17,19-20,27H,7,9,11-13H2,1-2H3,(H,24,28)/b4-3+;4-3-/t2*15-,17-,19+,20+/m11/s1. The van der Waals surface area contributed by atoms with E-state index in [9.17, 15) is 29.4 Å². The molecule has 18 heteroatoms. The molecule has 16 nitrogen and oxygen atoms in total. The number of nitrogens with one attached hydrogen (secondary N) is 2. The van der Waals surface area contributed by atoms with E-state index in [4.69, 9.17) is 9.47 Å². The Morgan fingerprint density at radius 3 is 1.48 bits per heavy atom. The minimum Gasteiger partial charge on any atom is -0.396 e. The fraction of sp³-hybridized carbons (Fsp3) is 0.500. The molecule has 8 rings (SSSR count). The SMILES string of the molecule is C/C=C/c1ccc2n(c1=O)C[C@@H]1[C@@H](CO)[C@H](C(=O)NCCOC)[C@H]2N1Cc1nccs1.C/C=C\c1ccc2n(c1=O)C[C@@H]1[C@@H](CO)[C@H](C(=O)NCCOC)[C@H]2N1Cc1nccs1. The smallest absolute Gasteiger partial charge is 0.258 e. The van der Waals surface area contributed by atoms with Crippen molar-refractivity contribution < 1.29 is 29.3 Å². The summed E-state index contributed by atoms with van der Waals surface area (Å²) in [6.07, 6.45) is 10.8. The van der Waals surface area contributed by atoms with Gasteiger partial charge in [-0.3, -0.25) is 29.0 Å². The molecule has 2 saturated heterocycles. The van der Waals surface area contributed by atoms with Crippen LogP contribution in [0.15, 0.2) is 69.2 Å². The van der Waals surface area contributed by atoms with Gasteiger partial charge in [-0.1, -0.05) is 24.3 Å². The normalized spacial score (nSPS) is 25.1. The van der Waals surface area contributed by atoms with E-state index in [1.165, 1.54) is 0 Å². The van der Waals surface area contributed by atoms with E-state index < -0.39 is 11.8 Å². The van der Waals surface area contributed by atoms with Crippen molar-refractivity contribution in [2.24, 2.45) is 23.7 Å². The van der Waals surface area contributed by atoms with Crippen LogP contribution in [0.1, 0.15) is 58.5 Å². The summed E-state index contributed by atoms with van der Waals surface area (Å²) >= 11 is 3.13. The highest BCUT2D eigenvalue weighted by molar-refractivity contribution is 7.09. The van der Waals surface area contributed by atoms with Crippen LogP contribution in [0.4, 0.5) is 0 Å². The van der Waals surface area contributed by atoms with E-state index >= 15 is 0 Å². The number of aliphatic hydroxyl groups excluding tert-OH is 2. The number of hydrogen-bond acceptors (Lipinski definition) is 14. The molecule has 0 aromatic carbocycles. The lowest BCUT2D eigenvalue weighted by Gasteiger charge is -2.37. The maximum Gasteiger partial charge on any atom is 0.258 e. The Balaban J connectivity index is 0.000000186. The molecular formula is C44H56N8O8S2. The van der Waals surface area contributed by atoms with Crippen molar-refractivity contribution >= 4 is 46.6 Å². The van der Waals surface area contributed by atoms with E-state index in [-0.39, 0.29) is 72.1 Å². The molecular weight excluding hydrogens is 833 g/mol. The van der Waals surface area contributed by atoms with Gasteiger partial charge in [0.25, 0.3) is 11.1 Å². The Bertz CT molecular complexity index is 2170. The molecule has 0 saturated carbocycles. The minimum atomic E-state index is -0.465. The number of amides is 2.